The molecule has 0 aromatic carbocycles. The van der Waals surface area contributed by atoms with E-state index in [1.54, 1.807) is 0 Å². The molecule has 0 saturated heterocycles. The summed E-state index contributed by atoms with van der Waals surface area (Å²) in [7, 11) is 1.37. The zero-order valence-corrected chi connectivity index (χ0v) is 4.84. The van der Waals surface area contributed by atoms with Gasteiger partial charge in [-0.3, -0.25) is 4.79 Å². The summed E-state index contributed by atoms with van der Waals surface area (Å²) in [6.45, 7) is 1.49. The quantitative estimate of drug-likeness (QED) is 0.497. The Kier molecular flexibility index (Phi) is 3.14. The molecule has 4 nitrogen and oxygen atoms in total. The number of aliphatic carboxylic acids is 1. The Hall–Kier alpha value is -0.610. The van der Waals surface area contributed by atoms with Gasteiger partial charge in [0.1, 0.15) is 6.04 Å². The van der Waals surface area contributed by atoms with E-state index in [0.717, 1.165) is 0 Å². The average Bonchev–Trinajstić information content (AvgIpc) is 1.67. The van der Waals surface area contributed by atoms with Crippen molar-refractivity contribution in [2.45, 2.75) is 13.0 Å². The maximum absolute atomic E-state index is 9.95. The summed E-state index contributed by atoms with van der Waals surface area (Å²) < 4.78 is 0. The van der Waals surface area contributed by atoms with Crippen molar-refractivity contribution in [3.63, 3.8) is 0 Å². The van der Waals surface area contributed by atoms with E-state index in [0.29, 0.717) is 0 Å². The number of hydrogen-bond acceptors (Lipinski definition) is 3. The molecule has 0 amide bonds. The lowest BCUT2D eigenvalue weighted by molar-refractivity contribution is -0.142. The topological polar surface area (TPSA) is 58.6 Å². The summed E-state index contributed by atoms with van der Waals surface area (Å²) in [5, 5.41) is 8.17. The molecule has 0 aliphatic rings. The van der Waals surface area contributed by atoms with Gasteiger partial charge in [0.05, 0.1) is 7.11 Å². The van der Waals surface area contributed by atoms with E-state index in [4.69, 9.17) is 5.11 Å². The second-order valence-electron chi connectivity index (χ2n) is 1.38. The second kappa shape index (κ2) is 3.40. The van der Waals surface area contributed by atoms with Crippen LogP contribution in [0.25, 0.3) is 0 Å². The van der Waals surface area contributed by atoms with Crippen LogP contribution in [0.15, 0.2) is 0 Å². The number of carboxylic acid groups (broad SMARTS) is 1. The maximum Gasteiger partial charge on any atom is 0.322 e. The fraction of sp³-hybridized carbons (Fsp3) is 0.750. The van der Waals surface area contributed by atoms with Crippen LogP contribution >= 0.6 is 0 Å². The van der Waals surface area contributed by atoms with Crippen LogP contribution in [0.1, 0.15) is 6.92 Å². The fourth-order valence-corrected chi connectivity index (χ4v) is 0.227. The maximum atomic E-state index is 9.95. The number of hydroxylamine groups is 1. The van der Waals surface area contributed by atoms with Gasteiger partial charge in [-0.25, -0.2) is 0 Å². The van der Waals surface area contributed by atoms with Gasteiger partial charge in [0.15, 0.2) is 0 Å². The Morgan fingerprint density at radius 3 is 2.50 bits per heavy atom. The molecule has 0 bridgehead atoms. The molecule has 4 heteroatoms. The molecule has 0 aliphatic carbocycles. The zero-order chi connectivity index (χ0) is 6.57. The van der Waals surface area contributed by atoms with Crippen LogP contribution in [0, 0.1) is 0 Å². The molecule has 0 radical (unpaired) electrons. The Balaban J connectivity index is 3.32. The lowest BCUT2D eigenvalue weighted by atomic mass is 10.4. The van der Waals surface area contributed by atoms with Gasteiger partial charge in [0.25, 0.3) is 0 Å². The van der Waals surface area contributed by atoms with E-state index < -0.39 is 12.0 Å². The minimum atomic E-state index is -0.924. The fourth-order valence-electron chi connectivity index (χ4n) is 0.227. The normalized spacial score (nSPS) is 13.2. The first-order chi connectivity index (χ1) is 3.68. The molecule has 8 heavy (non-hydrogen) atoms. The minimum absolute atomic E-state index is 0.639. The van der Waals surface area contributed by atoms with Crippen LogP contribution in [0.4, 0.5) is 0 Å². The van der Waals surface area contributed by atoms with E-state index >= 15 is 0 Å². The van der Waals surface area contributed by atoms with E-state index in [1.807, 2.05) is 0 Å². The molecule has 1 atom stereocenters. The van der Waals surface area contributed by atoms with E-state index in [9.17, 15) is 4.79 Å². The summed E-state index contributed by atoms with van der Waals surface area (Å²) >= 11 is 0. The number of hydrogen-bond donors (Lipinski definition) is 2. The highest BCUT2D eigenvalue weighted by atomic mass is 16.6. The van der Waals surface area contributed by atoms with Gasteiger partial charge in [0.2, 0.25) is 0 Å². The Bertz CT molecular complexity index is 83.4. The smallest absolute Gasteiger partial charge is 0.322 e. The molecule has 0 rings (SSSR count). The van der Waals surface area contributed by atoms with Crippen molar-refractivity contribution in [2.75, 3.05) is 7.11 Å². The van der Waals surface area contributed by atoms with Gasteiger partial charge in [-0.15, -0.1) is 0 Å². The number of rotatable bonds is 3. The van der Waals surface area contributed by atoms with Gasteiger partial charge in [-0.05, 0) is 6.92 Å². The van der Waals surface area contributed by atoms with Crippen LogP contribution in [0.5, 0.6) is 0 Å². The molecule has 0 aromatic rings. The standard InChI is InChI=1S/C4H9NO3/c1-3(4(6)7)5-8-2/h3,5H,1-2H3,(H,6,7)/t3-/m1/s1. The lowest BCUT2D eigenvalue weighted by Crippen LogP contribution is -2.32. The molecule has 2 N–H and O–H groups in total. The average molecular weight is 119 g/mol. The van der Waals surface area contributed by atoms with Crippen LogP contribution in [0.2, 0.25) is 0 Å². The molecular weight excluding hydrogens is 110 g/mol. The minimum Gasteiger partial charge on any atom is -0.480 e. The molecule has 48 valence electrons. The highest BCUT2D eigenvalue weighted by Crippen LogP contribution is 1.77. The molecule has 0 fully saturated rings. The summed E-state index contributed by atoms with van der Waals surface area (Å²) in [5.74, 6) is -0.924. The third-order valence-electron chi connectivity index (χ3n) is 0.665. The van der Waals surface area contributed by atoms with Crippen molar-refractivity contribution in [2.24, 2.45) is 0 Å². The second-order valence-corrected chi connectivity index (χ2v) is 1.38. The Labute approximate surface area is 47.4 Å². The van der Waals surface area contributed by atoms with E-state index in [1.165, 1.54) is 14.0 Å². The van der Waals surface area contributed by atoms with Crippen molar-refractivity contribution in [3.8, 4) is 0 Å². The first kappa shape index (κ1) is 7.39. The summed E-state index contributed by atoms with van der Waals surface area (Å²) in [6.07, 6.45) is 0. The van der Waals surface area contributed by atoms with Crippen molar-refractivity contribution >= 4 is 5.97 Å². The third kappa shape index (κ3) is 2.54. The molecule has 0 spiro atoms. The van der Waals surface area contributed by atoms with E-state index in [-0.39, 0.29) is 0 Å². The van der Waals surface area contributed by atoms with Gasteiger partial charge in [-0.1, -0.05) is 0 Å². The monoisotopic (exact) mass is 119 g/mol. The van der Waals surface area contributed by atoms with Crippen LogP contribution < -0.4 is 5.48 Å². The molecule has 0 aliphatic heterocycles. The number of carboxylic acids is 1. The Morgan fingerprint density at radius 2 is 2.38 bits per heavy atom. The largest absolute Gasteiger partial charge is 0.480 e. The van der Waals surface area contributed by atoms with Crippen LogP contribution in [-0.4, -0.2) is 24.2 Å². The third-order valence-corrected chi connectivity index (χ3v) is 0.665. The van der Waals surface area contributed by atoms with Crippen molar-refractivity contribution in [3.05, 3.63) is 0 Å². The van der Waals surface area contributed by atoms with Crippen molar-refractivity contribution < 1.29 is 14.7 Å². The molecular formula is C4H9NO3. The van der Waals surface area contributed by atoms with Crippen molar-refractivity contribution in [1.29, 1.82) is 0 Å². The first-order valence-corrected chi connectivity index (χ1v) is 2.19. The summed E-state index contributed by atoms with van der Waals surface area (Å²) in [6, 6.07) is -0.639. The first-order valence-electron chi connectivity index (χ1n) is 2.19. The van der Waals surface area contributed by atoms with Gasteiger partial charge < -0.3 is 9.94 Å². The summed E-state index contributed by atoms with van der Waals surface area (Å²) in [4.78, 5) is 14.3. The highest BCUT2D eigenvalue weighted by Gasteiger charge is 2.07. The number of nitrogens with one attached hydrogen (secondary N) is 1. The number of carbonyl (C=O) groups is 1. The van der Waals surface area contributed by atoms with Gasteiger partial charge >= 0.3 is 5.97 Å². The van der Waals surface area contributed by atoms with Gasteiger partial charge in [-0.2, -0.15) is 5.48 Å². The summed E-state index contributed by atoms with van der Waals surface area (Å²) in [5.41, 5.74) is 2.25. The molecule has 0 saturated carbocycles. The van der Waals surface area contributed by atoms with Gasteiger partial charge in [0, 0.05) is 0 Å². The lowest BCUT2D eigenvalue weighted by Gasteiger charge is -2.03. The highest BCUT2D eigenvalue weighted by molar-refractivity contribution is 5.72. The van der Waals surface area contributed by atoms with Crippen LogP contribution in [0.3, 0.4) is 0 Å². The SMILES string of the molecule is CON[C@H](C)C(=O)O. The molecule has 0 unspecified atom stereocenters. The van der Waals surface area contributed by atoms with Crippen LogP contribution in [-0.2, 0) is 9.63 Å². The zero-order valence-electron chi connectivity index (χ0n) is 4.84. The predicted octanol–water partition coefficient (Wildman–Crippen LogP) is -0.390. The van der Waals surface area contributed by atoms with E-state index in [2.05, 4.69) is 10.3 Å². The van der Waals surface area contributed by atoms with Crippen molar-refractivity contribution in [1.82, 2.24) is 5.48 Å². The Morgan fingerprint density at radius 1 is 1.88 bits per heavy atom. The molecule has 0 heterocycles. The molecule has 0 aromatic heterocycles. The predicted molar refractivity (Wildman–Crippen MR) is 27.2 cm³/mol.